The van der Waals surface area contributed by atoms with Crippen molar-refractivity contribution in [2.45, 2.75) is 31.9 Å². The third-order valence-corrected chi connectivity index (χ3v) is 6.45. The molecule has 0 aromatic heterocycles. The number of nitrogens with one attached hydrogen (secondary N) is 3. The number of carboxylic acids is 1. The van der Waals surface area contributed by atoms with Gasteiger partial charge >= 0.3 is 18.1 Å². The first-order chi connectivity index (χ1) is 17.8. The van der Waals surface area contributed by atoms with Crippen LogP contribution >= 0.6 is 23.2 Å². The molecular weight excluding hydrogens is 537 g/mol. The van der Waals surface area contributed by atoms with Gasteiger partial charge in [-0.05, 0) is 56.2 Å². The van der Waals surface area contributed by atoms with Gasteiger partial charge in [-0.1, -0.05) is 35.3 Å². The Morgan fingerprint density at radius 2 is 1.71 bits per heavy atom. The summed E-state index contributed by atoms with van der Waals surface area (Å²) < 4.78 is 5.59. The van der Waals surface area contributed by atoms with Gasteiger partial charge in [0.2, 0.25) is 11.3 Å². The summed E-state index contributed by atoms with van der Waals surface area (Å²) in [7, 11) is 0. The molecule has 0 spiro atoms. The number of carbonyl (C=O) groups excluding carboxylic acids is 3. The summed E-state index contributed by atoms with van der Waals surface area (Å²) in [6.07, 6.45) is -1.07. The number of ketones is 1. The van der Waals surface area contributed by atoms with Crippen LogP contribution in [0.25, 0.3) is 5.57 Å². The minimum atomic E-state index is -2.60. The average molecular weight is 562 g/mol. The Bertz CT molecular complexity index is 1380. The first-order valence-corrected chi connectivity index (χ1v) is 12.2. The first kappa shape index (κ1) is 27.4. The van der Waals surface area contributed by atoms with Crippen LogP contribution in [0.5, 0.6) is 0 Å². The molecule has 0 aliphatic carbocycles. The molecule has 13 heteroatoms. The number of halogens is 2. The van der Waals surface area contributed by atoms with Crippen molar-refractivity contribution in [1.82, 2.24) is 10.9 Å². The van der Waals surface area contributed by atoms with Gasteiger partial charge in [-0.25, -0.2) is 19.3 Å². The molecule has 2 aromatic rings. The van der Waals surface area contributed by atoms with Gasteiger partial charge in [-0.3, -0.25) is 15.6 Å². The number of Topliss-reactive ketones (excluding diaryl/α,β-unsaturated/α-hetero) is 1. The van der Waals surface area contributed by atoms with Crippen molar-refractivity contribution >= 4 is 64.0 Å². The van der Waals surface area contributed by atoms with Gasteiger partial charge < -0.3 is 20.9 Å². The van der Waals surface area contributed by atoms with Crippen molar-refractivity contribution in [2.75, 3.05) is 23.3 Å². The van der Waals surface area contributed by atoms with Crippen LogP contribution in [0.1, 0.15) is 36.7 Å². The number of carbonyl (C=O) groups is 4. The summed E-state index contributed by atoms with van der Waals surface area (Å²) in [4.78, 5) is 53.4. The number of hydrogen-bond donors (Lipinski definition) is 5. The molecule has 2 aliphatic rings. The van der Waals surface area contributed by atoms with Crippen molar-refractivity contribution in [3.05, 3.63) is 63.1 Å². The van der Waals surface area contributed by atoms with E-state index < -0.39 is 35.0 Å². The quantitative estimate of drug-likeness (QED) is 0.352. The molecule has 1 atom stereocenters. The summed E-state index contributed by atoms with van der Waals surface area (Å²) in [6, 6.07) is 7.87. The lowest BCUT2D eigenvalue weighted by atomic mass is 9.78. The van der Waals surface area contributed by atoms with Gasteiger partial charge in [0.25, 0.3) is 0 Å². The molecule has 200 valence electrons. The zero-order valence-corrected chi connectivity index (χ0v) is 22.2. The number of aliphatic carboxylic acids is 1. The Morgan fingerprint density at radius 3 is 2.24 bits per heavy atom. The summed E-state index contributed by atoms with van der Waals surface area (Å²) >= 11 is 12.7. The van der Waals surface area contributed by atoms with E-state index in [2.05, 4.69) is 16.2 Å². The smallest absolute Gasteiger partial charge is 0.416 e. The van der Waals surface area contributed by atoms with E-state index in [1.165, 1.54) is 36.4 Å². The summed E-state index contributed by atoms with van der Waals surface area (Å²) in [6.45, 7) is 5.20. The second-order valence-corrected chi connectivity index (χ2v) is 10.5. The maximum Gasteiger partial charge on any atom is 0.416 e. The highest BCUT2D eigenvalue weighted by Gasteiger charge is 2.64. The Morgan fingerprint density at radius 1 is 1.11 bits per heavy atom. The number of nitrogens with zero attached hydrogens (tertiary/aromatic N) is 1. The number of amides is 3. The van der Waals surface area contributed by atoms with Crippen LogP contribution in [0, 0.1) is 0 Å². The molecule has 3 amide bonds. The normalized spacial score (nSPS) is 18.8. The number of urea groups is 1. The monoisotopic (exact) mass is 561 g/mol. The van der Waals surface area contributed by atoms with E-state index in [-0.39, 0.29) is 40.0 Å². The molecule has 0 radical (unpaired) electrons. The molecule has 38 heavy (non-hydrogen) atoms. The fourth-order valence-corrected chi connectivity index (χ4v) is 5.17. The highest BCUT2D eigenvalue weighted by Crippen LogP contribution is 2.51. The second kappa shape index (κ2) is 9.91. The van der Waals surface area contributed by atoms with Crippen LogP contribution in [0.3, 0.4) is 0 Å². The minimum absolute atomic E-state index is 0.0346. The SMILES string of the molecule is CC(C)(C)OC(=O)N1c2cc(Cl)cc(Cl)c2C(=O)C1(C(=O)O)C(=C1CNNC1)c1ccc(NC(N)=O)cc1. The number of hydrogen-bond acceptors (Lipinski definition) is 7. The van der Waals surface area contributed by atoms with Gasteiger partial charge in [0.1, 0.15) is 5.60 Å². The van der Waals surface area contributed by atoms with Crippen LogP contribution in [0.15, 0.2) is 42.0 Å². The molecule has 11 nitrogen and oxygen atoms in total. The Labute approximate surface area is 227 Å². The number of carboxylic acid groups (broad SMARTS) is 1. The van der Waals surface area contributed by atoms with Crippen LogP contribution < -0.4 is 26.8 Å². The van der Waals surface area contributed by atoms with Gasteiger partial charge in [0, 0.05) is 29.4 Å². The first-order valence-electron chi connectivity index (χ1n) is 11.4. The highest BCUT2D eigenvalue weighted by molar-refractivity contribution is 6.44. The van der Waals surface area contributed by atoms with E-state index in [1.54, 1.807) is 20.8 Å². The molecule has 1 fully saturated rings. The fourth-order valence-electron chi connectivity index (χ4n) is 4.60. The van der Waals surface area contributed by atoms with Crippen molar-refractivity contribution in [3.63, 3.8) is 0 Å². The number of anilines is 2. The van der Waals surface area contributed by atoms with E-state index in [9.17, 15) is 24.3 Å². The van der Waals surface area contributed by atoms with Gasteiger partial charge in [-0.2, -0.15) is 0 Å². The predicted molar refractivity (Wildman–Crippen MR) is 142 cm³/mol. The lowest BCUT2D eigenvalue weighted by Crippen LogP contribution is -2.60. The lowest BCUT2D eigenvalue weighted by Gasteiger charge is -2.37. The Hall–Kier alpha value is -3.64. The molecule has 0 saturated carbocycles. The fraction of sp³-hybridized carbons (Fsp3) is 0.280. The maximum absolute atomic E-state index is 14.3. The van der Waals surface area contributed by atoms with E-state index in [1.807, 2.05) is 0 Å². The Kier molecular flexibility index (Phi) is 7.15. The second-order valence-electron chi connectivity index (χ2n) is 9.69. The van der Waals surface area contributed by atoms with E-state index in [0.29, 0.717) is 16.8 Å². The van der Waals surface area contributed by atoms with Crippen molar-refractivity contribution in [3.8, 4) is 0 Å². The zero-order valence-electron chi connectivity index (χ0n) is 20.6. The van der Waals surface area contributed by atoms with E-state index in [4.69, 9.17) is 33.7 Å². The lowest BCUT2D eigenvalue weighted by molar-refractivity contribution is -0.139. The largest absolute Gasteiger partial charge is 0.479 e. The highest BCUT2D eigenvalue weighted by atomic mass is 35.5. The molecule has 2 aromatic carbocycles. The average Bonchev–Trinajstić information content (AvgIpc) is 3.39. The number of ether oxygens (including phenoxy) is 1. The molecule has 0 bridgehead atoms. The number of fused-ring (bicyclic) bond motifs is 1. The predicted octanol–water partition coefficient (Wildman–Crippen LogP) is 3.81. The summed E-state index contributed by atoms with van der Waals surface area (Å²) in [5.41, 5.74) is 8.32. The number of hydrazine groups is 1. The molecule has 1 unspecified atom stereocenters. The molecular formula is C25H25Cl2N5O6. The standard InChI is InChI=1S/C25H25Cl2N5O6/c1-24(2,3)38-23(37)32-17-9-14(26)8-16(27)18(17)20(33)25(32,21(34)35)19(13-10-29-30-11-13)12-4-6-15(7-5-12)31-22(28)36/h4-9,29-30H,10-11H2,1-3H3,(H,34,35)(H3,28,31,36). The zero-order chi connectivity index (χ0) is 28.0. The number of primary amides is 1. The molecule has 2 aliphatic heterocycles. The van der Waals surface area contributed by atoms with E-state index in [0.717, 1.165) is 4.90 Å². The molecule has 4 rings (SSSR count). The summed E-state index contributed by atoms with van der Waals surface area (Å²) in [5, 5.41) is 13.3. The van der Waals surface area contributed by atoms with Crippen LogP contribution in [0.4, 0.5) is 21.0 Å². The Balaban J connectivity index is 2.05. The topological polar surface area (TPSA) is 163 Å². The maximum atomic E-state index is 14.3. The van der Waals surface area contributed by atoms with Crippen molar-refractivity contribution in [1.29, 1.82) is 0 Å². The molecule has 6 N–H and O–H groups in total. The van der Waals surface area contributed by atoms with Gasteiger partial charge in [0.15, 0.2) is 0 Å². The van der Waals surface area contributed by atoms with E-state index >= 15 is 0 Å². The number of nitrogens with two attached hydrogens (primary N) is 1. The molecule has 2 heterocycles. The van der Waals surface area contributed by atoms with Crippen molar-refractivity contribution in [2.24, 2.45) is 5.73 Å². The summed E-state index contributed by atoms with van der Waals surface area (Å²) in [5.74, 6) is -2.55. The molecule has 1 saturated heterocycles. The number of rotatable bonds is 4. The number of benzene rings is 2. The van der Waals surface area contributed by atoms with Crippen LogP contribution in [0.2, 0.25) is 10.0 Å². The van der Waals surface area contributed by atoms with Crippen LogP contribution in [-0.4, -0.2) is 53.2 Å². The van der Waals surface area contributed by atoms with Crippen LogP contribution in [-0.2, 0) is 9.53 Å². The minimum Gasteiger partial charge on any atom is -0.479 e. The third-order valence-electron chi connectivity index (χ3n) is 5.94. The van der Waals surface area contributed by atoms with Gasteiger partial charge in [0.05, 0.1) is 16.3 Å². The van der Waals surface area contributed by atoms with Gasteiger partial charge in [-0.15, -0.1) is 0 Å². The third kappa shape index (κ3) is 4.69. The van der Waals surface area contributed by atoms with Crippen molar-refractivity contribution < 1.29 is 29.0 Å².